The van der Waals surface area contributed by atoms with Crippen LogP contribution < -0.4 is 5.56 Å². The van der Waals surface area contributed by atoms with E-state index < -0.39 is 0 Å². The molecule has 2 heteroatoms. The third-order valence-corrected chi connectivity index (χ3v) is 3.56. The minimum atomic E-state index is 0.119. The average Bonchev–Trinajstić information content (AvgIpc) is 2.78. The second-order valence-electron chi connectivity index (χ2n) is 4.50. The highest BCUT2D eigenvalue weighted by molar-refractivity contribution is 5.84. The first kappa shape index (κ1) is 9.64. The van der Waals surface area contributed by atoms with Gasteiger partial charge < -0.3 is 4.98 Å². The van der Waals surface area contributed by atoms with Crippen LogP contribution in [0.25, 0.3) is 10.9 Å². The smallest absolute Gasteiger partial charge is 0.251 e. The van der Waals surface area contributed by atoms with Gasteiger partial charge in [-0.25, -0.2) is 0 Å². The van der Waals surface area contributed by atoms with Crippen molar-refractivity contribution >= 4 is 10.9 Å². The molecule has 1 aliphatic carbocycles. The van der Waals surface area contributed by atoms with E-state index in [1.807, 2.05) is 0 Å². The van der Waals surface area contributed by atoms with Crippen LogP contribution in [-0.4, -0.2) is 4.98 Å². The van der Waals surface area contributed by atoms with Gasteiger partial charge in [-0.05, 0) is 42.9 Å². The number of hydrogen-bond donors (Lipinski definition) is 1. The first-order chi connectivity index (χ1) is 7.79. The number of hydrogen-bond acceptors (Lipinski definition) is 1. The van der Waals surface area contributed by atoms with Crippen molar-refractivity contribution in [3.63, 3.8) is 0 Å². The monoisotopic (exact) mass is 213 g/mol. The predicted octanol–water partition coefficient (Wildman–Crippen LogP) is 2.58. The van der Waals surface area contributed by atoms with Crippen LogP contribution in [-0.2, 0) is 19.3 Å². The molecule has 0 fully saturated rings. The van der Waals surface area contributed by atoms with Crippen molar-refractivity contribution < 1.29 is 0 Å². The number of aryl methyl sites for hydroxylation is 2. The van der Waals surface area contributed by atoms with Gasteiger partial charge >= 0.3 is 0 Å². The molecule has 0 atom stereocenters. The molecule has 1 aliphatic rings. The number of aromatic nitrogens is 1. The summed E-state index contributed by atoms with van der Waals surface area (Å²) in [4.78, 5) is 14.9. The molecule has 1 aromatic carbocycles. The molecule has 0 amide bonds. The Balaban J connectivity index is 2.38. The molecular weight excluding hydrogens is 198 g/mol. The normalized spacial score (nSPS) is 14.3. The van der Waals surface area contributed by atoms with E-state index in [-0.39, 0.29) is 5.56 Å². The van der Waals surface area contributed by atoms with Crippen LogP contribution in [0.2, 0.25) is 0 Å². The van der Waals surface area contributed by atoms with Crippen LogP contribution in [0.5, 0.6) is 0 Å². The minimum Gasteiger partial charge on any atom is -0.322 e. The van der Waals surface area contributed by atoms with Crippen LogP contribution in [0.1, 0.15) is 30.0 Å². The minimum absolute atomic E-state index is 0.119. The first-order valence-corrected chi connectivity index (χ1v) is 5.96. The molecule has 2 nitrogen and oxygen atoms in total. The van der Waals surface area contributed by atoms with Gasteiger partial charge in [-0.15, -0.1) is 0 Å². The van der Waals surface area contributed by atoms with Gasteiger partial charge in [0, 0.05) is 16.5 Å². The molecule has 1 heterocycles. The van der Waals surface area contributed by atoms with E-state index in [1.165, 1.54) is 16.5 Å². The Morgan fingerprint density at radius 1 is 1.25 bits per heavy atom. The summed E-state index contributed by atoms with van der Waals surface area (Å²) in [6, 6.07) is 6.43. The Labute approximate surface area is 94.3 Å². The van der Waals surface area contributed by atoms with E-state index in [4.69, 9.17) is 0 Å². The molecule has 2 aromatic rings. The van der Waals surface area contributed by atoms with Crippen molar-refractivity contribution in [3.05, 3.63) is 45.2 Å². The zero-order valence-corrected chi connectivity index (χ0v) is 9.47. The number of aromatic amines is 1. The van der Waals surface area contributed by atoms with Crippen LogP contribution in [0.4, 0.5) is 0 Å². The standard InChI is InChI=1S/C14H15NO/c1-2-9-6-7-11-10-4-3-5-12(10)14(16)15-13(11)8-9/h6-8H,2-5H2,1H3,(H,15,16). The van der Waals surface area contributed by atoms with E-state index in [0.717, 1.165) is 36.8 Å². The molecule has 0 radical (unpaired) electrons. The second-order valence-corrected chi connectivity index (χ2v) is 4.50. The number of rotatable bonds is 1. The maximum absolute atomic E-state index is 11.9. The van der Waals surface area contributed by atoms with Crippen molar-refractivity contribution in [1.29, 1.82) is 0 Å². The highest BCUT2D eigenvalue weighted by Gasteiger charge is 2.17. The van der Waals surface area contributed by atoms with Crippen LogP contribution >= 0.6 is 0 Å². The van der Waals surface area contributed by atoms with Crippen molar-refractivity contribution in [2.24, 2.45) is 0 Å². The van der Waals surface area contributed by atoms with E-state index in [2.05, 4.69) is 30.1 Å². The highest BCUT2D eigenvalue weighted by atomic mass is 16.1. The number of benzene rings is 1. The largest absolute Gasteiger partial charge is 0.322 e. The summed E-state index contributed by atoms with van der Waals surface area (Å²) >= 11 is 0. The van der Waals surface area contributed by atoms with Gasteiger partial charge in [0.2, 0.25) is 0 Å². The number of pyridine rings is 1. The van der Waals surface area contributed by atoms with Crippen molar-refractivity contribution in [2.45, 2.75) is 32.6 Å². The summed E-state index contributed by atoms with van der Waals surface area (Å²) in [6.07, 6.45) is 4.12. The maximum Gasteiger partial charge on any atom is 0.251 e. The Morgan fingerprint density at radius 2 is 2.06 bits per heavy atom. The summed E-state index contributed by atoms with van der Waals surface area (Å²) in [6.45, 7) is 2.13. The van der Waals surface area contributed by atoms with Crippen LogP contribution in [0.15, 0.2) is 23.0 Å². The molecule has 1 N–H and O–H groups in total. The lowest BCUT2D eigenvalue weighted by atomic mass is 10.0. The van der Waals surface area contributed by atoms with Gasteiger partial charge in [-0.3, -0.25) is 4.79 Å². The first-order valence-electron chi connectivity index (χ1n) is 5.96. The van der Waals surface area contributed by atoms with Gasteiger partial charge in [0.25, 0.3) is 5.56 Å². The summed E-state index contributed by atoms with van der Waals surface area (Å²) in [5.74, 6) is 0. The number of nitrogens with one attached hydrogen (secondary N) is 1. The Hall–Kier alpha value is -1.57. The van der Waals surface area contributed by atoms with Crippen LogP contribution in [0, 0.1) is 0 Å². The van der Waals surface area contributed by atoms with Crippen molar-refractivity contribution in [3.8, 4) is 0 Å². The van der Waals surface area contributed by atoms with E-state index in [0.29, 0.717) is 0 Å². The summed E-state index contributed by atoms with van der Waals surface area (Å²) < 4.78 is 0. The Bertz CT molecular complexity index is 610. The van der Waals surface area contributed by atoms with Gasteiger partial charge in [-0.2, -0.15) is 0 Å². The molecule has 0 saturated heterocycles. The SMILES string of the molecule is CCc1ccc2c3c(c(=O)[nH]c2c1)CCC3. The van der Waals surface area contributed by atoms with Crippen molar-refractivity contribution in [2.75, 3.05) is 0 Å². The molecule has 3 rings (SSSR count). The van der Waals surface area contributed by atoms with E-state index in [9.17, 15) is 4.79 Å². The lowest BCUT2D eigenvalue weighted by molar-refractivity contribution is 0.909. The maximum atomic E-state index is 11.9. The zero-order valence-electron chi connectivity index (χ0n) is 9.47. The van der Waals surface area contributed by atoms with Crippen LogP contribution in [0.3, 0.4) is 0 Å². The lowest BCUT2D eigenvalue weighted by Gasteiger charge is -2.06. The van der Waals surface area contributed by atoms with Crippen molar-refractivity contribution in [1.82, 2.24) is 4.98 Å². The Morgan fingerprint density at radius 3 is 2.88 bits per heavy atom. The molecule has 16 heavy (non-hydrogen) atoms. The summed E-state index contributed by atoms with van der Waals surface area (Å²) in [7, 11) is 0. The fourth-order valence-electron chi connectivity index (χ4n) is 2.67. The highest BCUT2D eigenvalue weighted by Crippen LogP contribution is 2.26. The van der Waals surface area contributed by atoms with Gasteiger partial charge in [0.05, 0.1) is 0 Å². The average molecular weight is 213 g/mol. The molecule has 0 aliphatic heterocycles. The topological polar surface area (TPSA) is 32.9 Å². The Kier molecular flexibility index (Phi) is 2.10. The lowest BCUT2D eigenvalue weighted by Crippen LogP contribution is -2.12. The molecule has 0 unspecified atom stereocenters. The second kappa shape index (κ2) is 3.48. The molecular formula is C14H15NO. The third-order valence-electron chi connectivity index (χ3n) is 3.56. The molecule has 82 valence electrons. The fourth-order valence-corrected chi connectivity index (χ4v) is 2.67. The molecule has 0 saturated carbocycles. The fraction of sp³-hybridized carbons (Fsp3) is 0.357. The zero-order chi connectivity index (χ0) is 11.1. The molecule has 1 aromatic heterocycles. The van der Waals surface area contributed by atoms with E-state index in [1.54, 1.807) is 0 Å². The number of H-pyrrole nitrogens is 1. The van der Waals surface area contributed by atoms with Gasteiger partial charge in [0.15, 0.2) is 0 Å². The van der Waals surface area contributed by atoms with E-state index >= 15 is 0 Å². The number of fused-ring (bicyclic) bond motifs is 3. The third kappa shape index (κ3) is 1.29. The molecule has 0 bridgehead atoms. The van der Waals surface area contributed by atoms with Gasteiger partial charge in [0.1, 0.15) is 0 Å². The molecule has 0 spiro atoms. The van der Waals surface area contributed by atoms with Gasteiger partial charge in [-0.1, -0.05) is 19.1 Å². The summed E-state index contributed by atoms with van der Waals surface area (Å²) in [5.41, 5.74) is 4.69. The summed E-state index contributed by atoms with van der Waals surface area (Å²) in [5, 5.41) is 1.24. The quantitative estimate of drug-likeness (QED) is 0.776. The predicted molar refractivity (Wildman–Crippen MR) is 66.0 cm³/mol.